The maximum atomic E-state index is 13.2. The number of hydrogen-bond acceptors (Lipinski definition) is 4. The molecule has 0 heterocycles. The van der Waals surface area contributed by atoms with E-state index < -0.39 is 48.7 Å². The number of alkyl halides is 5. The molecule has 0 fully saturated rings. The molecule has 0 bridgehead atoms. The molecule has 0 aromatic heterocycles. The van der Waals surface area contributed by atoms with Gasteiger partial charge in [0.1, 0.15) is 0 Å². The van der Waals surface area contributed by atoms with E-state index in [2.05, 4.69) is 6.58 Å². The van der Waals surface area contributed by atoms with Gasteiger partial charge in [-0.05, 0) is 46.0 Å². The Balaban J connectivity index is 5.45. The van der Waals surface area contributed by atoms with Crippen LogP contribution in [0.15, 0.2) is 12.7 Å². The van der Waals surface area contributed by atoms with Crippen LogP contribution in [0.25, 0.3) is 0 Å². The highest BCUT2D eigenvalue weighted by molar-refractivity contribution is 6.00. The minimum atomic E-state index is -5.69. The van der Waals surface area contributed by atoms with Crippen molar-refractivity contribution in [3.63, 3.8) is 0 Å². The van der Waals surface area contributed by atoms with Gasteiger partial charge in [-0.25, -0.2) is 0 Å². The number of esters is 2. The Morgan fingerprint density at radius 1 is 0.852 bits per heavy atom. The molecule has 0 saturated heterocycles. The van der Waals surface area contributed by atoms with Crippen LogP contribution in [0.4, 0.5) is 22.0 Å². The quantitative estimate of drug-likeness (QED) is 0.139. The number of halogens is 5. The lowest BCUT2D eigenvalue weighted by Crippen LogP contribution is -2.43. The predicted molar refractivity (Wildman–Crippen MR) is 89.2 cm³/mol. The van der Waals surface area contributed by atoms with Gasteiger partial charge in [-0.1, -0.05) is 12.5 Å². The third kappa shape index (κ3) is 7.46. The van der Waals surface area contributed by atoms with Crippen molar-refractivity contribution in [1.29, 1.82) is 0 Å². The van der Waals surface area contributed by atoms with Crippen molar-refractivity contribution < 1.29 is 41.0 Å². The van der Waals surface area contributed by atoms with Crippen LogP contribution in [-0.4, -0.2) is 37.3 Å². The van der Waals surface area contributed by atoms with Gasteiger partial charge in [0.05, 0.1) is 13.2 Å². The second kappa shape index (κ2) is 11.2. The lowest BCUT2D eigenvalue weighted by molar-refractivity contribution is -0.284. The lowest BCUT2D eigenvalue weighted by atomic mass is 9.77. The number of unbranched alkanes of at least 4 members (excludes halogenated alkanes) is 2. The molecule has 0 rings (SSSR count). The summed E-state index contributed by atoms with van der Waals surface area (Å²) in [6.07, 6.45) is -5.29. The van der Waals surface area contributed by atoms with Crippen LogP contribution < -0.4 is 0 Å². The van der Waals surface area contributed by atoms with E-state index in [-0.39, 0.29) is 19.6 Å². The molecule has 0 radical (unpaired) electrons. The Labute approximate surface area is 156 Å². The molecule has 0 aliphatic heterocycles. The van der Waals surface area contributed by atoms with E-state index in [1.807, 2.05) is 0 Å². The summed E-state index contributed by atoms with van der Waals surface area (Å²) in [6.45, 7) is 6.43. The fraction of sp³-hybridized carbons (Fsp3) is 0.778. The number of ether oxygens (including phenoxy) is 2. The van der Waals surface area contributed by atoms with Gasteiger partial charge in [0, 0.05) is 6.42 Å². The largest absolute Gasteiger partial charge is 0.465 e. The molecule has 0 aromatic rings. The first kappa shape index (κ1) is 25.3. The summed E-state index contributed by atoms with van der Waals surface area (Å²) in [4.78, 5) is 24.9. The number of carbonyl (C=O) groups excluding carboxylic acids is 2. The molecular weight excluding hydrogens is 375 g/mol. The first-order chi connectivity index (χ1) is 12.5. The molecule has 27 heavy (non-hydrogen) atoms. The van der Waals surface area contributed by atoms with E-state index in [9.17, 15) is 31.5 Å². The predicted octanol–water partition coefficient (Wildman–Crippen LogP) is 5.21. The Morgan fingerprint density at radius 2 is 1.33 bits per heavy atom. The molecule has 0 aromatic carbocycles. The molecule has 9 heteroatoms. The number of rotatable bonds is 13. The van der Waals surface area contributed by atoms with E-state index in [1.54, 1.807) is 6.08 Å². The van der Waals surface area contributed by atoms with Crippen LogP contribution in [0.5, 0.6) is 0 Å². The molecule has 0 unspecified atom stereocenters. The average molecular weight is 402 g/mol. The molecule has 0 spiro atoms. The molecule has 4 nitrogen and oxygen atoms in total. The van der Waals surface area contributed by atoms with Crippen LogP contribution in [0.3, 0.4) is 0 Å². The van der Waals surface area contributed by atoms with Gasteiger partial charge in [-0.3, -0.25) is 9.59 Å². The number of carbonyl (C=O) groups is 2. The van der Waals surface area contributed by atoms with Crippen molar-refractivity contribution in [2.45, 2.75) is 70.9 Å². The van der Waals surface area contributed by atoms with Crippen LogP contribution >= 0.6 is 0 Å². The van der Waals surface area contributed by atoms with E-state index in [0.29, 0.717) is 19.3 Å². The van der Waals surface area contributed by atoms with Gasteiger partial charge in [0.15, 0.2) is 5.41 Å². The molecule has 0 aliphatic rings. The summed E-state index contributed by atoms with van der Waals surface area (Å²) < 4.78 is 73.3. The maximum absolute atomic E-state index is 13.2. The Bertz CT molecular complexity index is 471. The van der Waals surface area contributed by atoms with Gasteiger partial charge in [-0.2, -0.15) is 22.0 Å². The fourth-order valence-electron chi connectivity index (χ4n) is 2.62. The van der Waals surface area contributed by atoms with Crippen LogP contribution in [0.1, 0.15) is 58.8 Å². The first-order valence-corrected chi connectivity index (χ1v) is 8.88. The molecule has 0 N–H and O–H groups in total. The van der Waals surface area contributed by atoms with Gasteiger partial charge in [0.2, 0.25) is 0 Å². The second-order valence-corrected chi connectivity index (χ2v) is 6.11. The van der Waals surface area contributed by atoms with Gasteiger partial charge in [-0.15, -0.1) is 6.58 Å². The highest BCUT2D eigenvalue weighted by Crippen LogP contribution is 2.42. The van der Waals surface area contributed by atoms with Crippen LogP contribution in [0.2, 0.25) is 0 Å². The van der Waals surface area contributed by atoms with Crippen molar-refractivity contribution in [1.82, 2.24) is 0 Å². The number of hydrogen-bond donors (Lipinski definition) is 0. The molecule has 0 saturated carbocycles. The van der Waals surface area contributed by atoms with E-state index in [0.717, 1.165) is 0 Å². The van der Waals surface area contributed by atoms with Crippen LogP contribution in [0, 0.1) is 5.41 Å². The van der Waals surface area contributed by atoms with Crippen molar-refractivity contribution in [3.05, 3.63) is 12.7 Å². The summed E-state index contributed by atoms with van der Waals surface area (Å²) in [5.74, 6) is -6.82. The number of allylic oxidation sites excluding steroid dienone is 1. The maximum Gasteiger partial charge on any atom is 0.453 e. The summed E-state index contributed by atoms with van der Waals surface area (Å²) in [5, 5.41) is 0. The Morgan fingerprint density at radius 3 is 1.74 bits per heavy atom. The normalized spacial score (nSPS) is 12.6. The third-order valence-electron chi connectivity index (χ3n) is 4.10. The minimum absolute atomic E-state index is 0.0594. The zero-order valence-corrected chi connectivity index (χ0v) is 15.7. The van der Waals surface area contributed by atoms with E-state index >= 15 is 0 Å². The molecule has 0 amide bonds. The average Bonchev–Trinajstić information content (AvgIpc) is 2.56. The van der Waals surface area contributed by atoms with Crippen molar-refractivity contribution >= 4 is 11.9 Å². The summed E-state index contributed by atoms with van der Waals surface area (Å²) in [7, 11) is 0. The lowest BCUT2D eigenvalue weighted by Gasteiger charge is -2.30. The van der Waals surface area contributed by atoms with Crippen molar-refractivity contribution in [2.24, 2.45) is 5.41 Å². The highest BCUT2D eigenvalue weighted by atomic mass is 19.4. The smallest absolute Gasteiger partial charge is 0.453 e. The van der Waals surface area contributed by atoms with E-state index in [1.165, 1.54) is 13.8 Å². The Hall–Kier alpha value is -1.67. The summed E-state index contributed by atoms with van der Waals surface area (Å²) >= 11 is 0. The molecule has 0 aliphatic carbocycles. The third-order valence-corrected chi connectivity index (χ3v) is 4.10. The standard InChI is InChI=1S/C18H27F5O4/c1-4-7-8-9-11-16(14(24)26-5-2,15(25)27-6-3)12-10-13-17(19,20)18(21,22)23/h4H,1,5-13H2,2-3H3. The fourth-order valence-corrected chi connectivity index (χ4v) is 2.62. The van der Waals surface area contributed by atoms with Crippen molar-refractivity contribution in [2.75, 3.05) is 13.2 Å². The topological polar surface area (TPSA) is 52.6 Å². The molecule has 158 valence electrons. The summed E-state index contributed by atoms with van der Waals surface area (Å²) in [5.41, 5.74) is -1.89. The summed E-state index contributed by atoms with van der Waals surface area (Å²) in [6, 6.07) is 0. The van der Waals surface area contributed by atoms with Gasteiger partial charge < -0.3 is 9.47 Å². The monoisotopic (exact) mass is 402 g/mol. The highest BCUT2D eigenvalue weighted by Gasteiger charge is 2.57. The van der Waals surface area contributed by atoms with Crippen molar-refractivity contribution in [3.8, 4) is 0 Å². The zero-order valence-electron chi connectivity index (χ0n) is 15.7. The molecular formula is C18H27F5O4. The zero-order chi connectivity index (χ0) is 21.1. The van der Waals surface area contributed by atoms with Gasteiger partial charge in [0.25, 0.3) is 0 Å². The van der Waals surface area contributed by atoms with Crippen LogP contribution in [-0.2, 0) is 19.1 Å². The minimum Gasteiger partial charge on any atom is -0.465 e. The van der Waals surface area contributed by atoms with E-state index in [4.69, 9.17) is 9.47 Å². The second-order valence-electron chi connectivity index (χ2n) is 6.11. The molecule has 0 atom stereocenters. The SMILES string of the molecule is C=CCCCCC(CCCC(F)(F)C(F)(F)F)(C(=O)OCC)C(=O)OCC. The Kier molecular flexibility index (Phi) is 10.5. The van der Waals surface area contributed by atoms with Gasteiger partial charge >= 0.3 is 24.0 Å². The first-order valence-electron chi connectivity index (χ1n) is 8.88.